The summed E-state index contributed by atoms with van der Waals surface area (Å²) in [5, 5.41) is 20.3. The van der Waals surface area contributed by atoms with E-state index in [4.69, 9.17) is 5.73 Å². The summed E-state index contributed by atoms with van der Waals surface area (Å²) < 4.78 is 12.9. The number of anilines is 2. The second-order valence-corrected chi connectivity index (χ2v) is 4.33. The first-order valence-corrected chi connectivity index (χ1v) is 5.63. The topological polar surface area (TPSA) is 124 Å². The molecule has 0 bridgehead atoms. The number of nitrogens with one attached hydrogen (secondary N) is 1. The van der Waals surface area contributed by atoms with E-state index in [1.54, 1.807) is 0 Å². The fraction of sp³-hybridized carbons (Fsp3) is 0. The van der Waals surface area contributed by atoms with Gasteiger partial charge in [0, 0.05) is 0 Å². The molecule has 1 amide bonds. The molecule has 0 aliphatic carbocycles. The fourth-order valence-corrected chi connectivity index (χ4v) is 1.80. The molecule has 1 aromatic heterocycles. The Kier molecular flexibility index (Phi) is 3.33. The molecule has 3 N–H and O–H groups in total. The van der Waals surface area contributed by atoms with E-state index in [-0.39, 0.29) is 15.8 Å². The van der Waals surface area contributed by atoms with Crippen molar-refractivity contribution in [2.45, 2.75) is 0 Å². The van der Waals surface area contributed by atoms with Crippen molar-refractivity contribution in [1.29, 1.82) is 0 Å². The molecule has 0 saturated heterocycles. The SMILES string of the molecule is Nc1nnc(NC(=O)c2ccc(F)cc2[N+](=O)[O-])s1. The number of rotatable bonds is 3. The van der Waals surface area contributed by atoms with Crippen LogP contribution in [0.1, 0.15) is 10.4 Å². The average Bonchev–Trinajstić information content (AvgIpc) is 2.74. The fourth-order valence-electron chi connectivity index (χ4n) is 1.30. The van der Waals surface area contributed by atoms with Crippen molar-refractivity contribution in [3.8, 4) is 0 Å². The zero-order valence-corrected chi connectivity index (χ0v) is 9.98. The number of nitrogen functional groups attached to an aromatic ring is 1. The zero-order valence-electron chi connectivity index (χ0n) is 9.16. The number of aromatic nitrogens is 2. The summed E-state index contributed by atoms with van der Waals surface area (Å²) >= 11 is 0.908. The predicted octanol–water partition coefficient (Wildman–Crippen LogP) is 1.42. The lowest BCUT2D eigenvalue weighted by Gasteiger charge is -2.02. The lowest BCUT2D eigenvalue weighted by atomic mass is 10.1. The number of nitrogens with zero attached hydrogens (tertiary/aromatic N) is 3. The van der Waals surface area contributed by atoms with E-state index in [2.05, 4.69) is 15.5 Å². The number of nitro benzene ring substituents is 1. The maximum atomic E-state index is 12.9. The van der Waals surface area contributed by atoms with Gasteiger partial charge in [0.1, 0.15) is 11.4 Å². The molecular weight excluding hydrogens is 277 g/mol. The summed E-state index contributed by atoms with van der Waals surface area (Å²) in [7, 11) is 0. The lowest BCUT2D eigenvalue weighted by molar-refractivity contribution is -0.385. The molecule has 8 nitrogen and oxygen atoms in total. The second kappa shape index (κ2) is 4.94. The van der Waals surface area contributed by atoms with Crippen LogP contribution in [-0.2, 0) is 0 Å². The highest BCUT2D eigenvalue weighted by atomic mass is 32.1. The van der Waals surface area contributed by atoms with Crippen LogP contribution in [0, 0.1) is 15.9 Å². The van der Waals surface area contributed by atoms with Gasteiger partial charge in [0.2, 0.25) is 10.3 Å². The molecule has 1 aromatic carbocycles. The Morgan fingerprint density at radius 1 is 1.47 bits per heavy atom. The molecule has 0 unspecified atom stereocenters. The standard InChI is InChI=1S/C9H6FN5O3S/c10-4-1-2-5(6(3-4)15(17)18)7(16)12-9-14-13-8(11)19-9/h1-3H,(H2,11,13)(H,12,14,16). The van der Waals surface area contributed by atoms with E-state index < -0.39 is 22.3 Å². The minimum absolute atomic E-state index is 0.0983. The minimum atomic E-state index is -0.841. The van der Waals surface area contributed by atoms with Gasteiger partial charge < -0.3 is 5.73 Å². The third-order valence-corrected chi connectivity index (χ3v) is 2.73. The highest BCUT2D eigenvalue weighted by molar-refractivity contribution is 7.19. The van der Waals surface area contributed by atoms with Crippen LogP contribution in [0.3, 0.4) is 0 Å². The van der Waals surface area contributed by atoms with Gasteiger partial charge in [-0.05, 0) is 12.1 Å². The number of halogens is 1. The van der Waals surface area contributed by atoms with E-state index >= 15 is 0 Å². The molecular formula is C9H6FN5O3S. The van der Waals surface area contributed by atoms with Gasteiger partial charge in [-0.3, -0.25) is 20.2 Å². The first-order valence-electron chi connectivity index (χ1n) is 4.81. The van der Waals surface area contributed by atoms with E-state index in [1.807, 2.05) is 0 Å². The first-order chi connectivity index (χ1) is 8.97. The summed E-state index contributed by atoms with van der Waals surface area (Å²) in [4.78, 5) is 21.7. The van der Waals surface area contributed by atoms with E-state index in [0.717, 1.165) is 23.5 Å². The van der Waals surface area contributed by atoms with Gasteiger partial charge in [-0.15, -0.1) is 10.2 Å². The van der Waals surface area contributed by atoms with Crippen molar-refractivity contribution in [2.75, 3.05) is 11.1 Å². The average molecular weight is 283 g/mol. The molecule has 19 heavy (non-hydrogen) atoms. The van der Waals surface area contributed by atoms with Crippen molar-refractivity contribution >= 4 is 33.2 Å². The molecule has 0 fully saturated rings. The van der Waals surface area contributed by atoms with Crippen LogP contribution >= 0.6 is 11.3 Å². The van der Waals surface area contributed by atoms with Crippen LogP contribution < -0.4 is 11.1 Å². The number of hydrogen-bond donors (Lipinski definition) is 2. The molecule has 0 aliphatic heterocycles. The van der Waals surface area contributed by atoms with Crippen molar-refractivity contribution in [3.05, 3.63) is 39.7 Å². The molecule has 10 heteroatoms. The van der Waals surface area contributed by atoms with Crippen LogP contribution in [0.5, 0.6) is 0 Å². The Morgan fingerprint density at radius 2 is 2.21 bits per heavy atom. The highest BCUT2D eigenvalue weighted by Crippen LogP contribution is 2.22. The molecule has 0 aliphatic rings. The van der Waals surface area contributed by atoms with Crippen LogP contribution in [0.4, 0.5) is 20.3 Å². The Bertz CT molecular complexity index is 659. The Labute approximate surface area is 109 Å². The largest absolute Gasteiger partial charge is 0.374 e. The Hall–Kier alpha value is -2.62. The van der Waals surface area contributed by atoms with Gasteiger partial charge in [0.15, 0.2) is 0 Å². The van der Waals surface area contributed by atoms with E-state index in [1.165, 1.54) is 0 Å². The number of amides is 1. The highest BCUT2D eigenvalue weighted by Gasteiger charge is 2.21. The zero-order chi connectivity index (χ0) is 14.0. The van der Waals surface area contributed by atoms with E-state index in [9.17, 15) is 19.3 Å². The van der Waals surface area contributed by atoms with Crippen molar-refractivity contribution in [2.24, 2.45) is 0 Å². The van der Waals surface area contributed by atoms with Gasteiger partial charge in [0.25, 0.3) is 11.6 Å². The summed E-state index contributed by atoms with van der Waals surface area (Å²) in [6.45, 7) is 0. The molecule has 0 saturated carbocycles. The van der Waals surface area contributed by atoms with Crippen LogP contribution in [0.2, 0.25) is 0 Å². The minimum Gasteiger partial charge on any atom is -0.374 e. The quantitative estimate of drug-likeness (QED) is 0.648. The number of hydrogen-bond acceptors (Lipinski definition) is 7. The predicted molar refractivity (Wildman–Crippen MR) is 65.3 cm³/mol. The molecule has 2 rings (SSSR count). The maximum absolute atomic E-state index is 12.9. The lowest BCUT2D eigenvalue weighted by Crippen LogP contribution is -2.14. The first kappa shape index (κ1) is 12.8. The van der Waals surface area contributed by atoms with E-state index in [0.29, 0.717) is 6.07 Å². The summed E-state index contributed by atoms with van der Waals surface area (Å²) in [5.41, 5.74) is 4.42. The normalized spacial score (nSPS) is 10.2. The number of nitro groups is 1. The molecule has 0 radical (unpaired) electrons. The van der Waals surface area contributed by atoms with Crippen LogP contribution in [-0.4, -0.2) is 21.0 Å². The van der Waals surface area contributed by atoms with Gasteiger partial charge in [-0.25, -0.2) is 4.39 Å². The third-order valence-electron chi connectivity index (χ3n) is 2.06. The number of carbonyl (C=O) groups is 1. The molecule has 2 aromatic rings. The molecule has 98 valence electrons. The molecule has 1 heterocycles. The van der Waals surface area contributed by atoms with Gasteiger partial charge in [0.05, 0.1) is 11.0 Å². The van der Waals surface area contributed by atoms with Gasteiger partial charge in [-0.1, -0.05) is 11.3 Å². The smallest absolute Gasteiger partial charge is 0.285 e. The number of nitrogens with two attached hydrogens (primary N) is 1. The third kappa shape index (κ3) is 2.80. The van der Waals surface area contributed by atoms with Gasteiger partial charge in [-0.2, -0.15) is 0 Å². The monoisotopic (exact) mass is 283 g/mol. The van der Waals surface area contributed by atoms with Crippen LogP contribution in [0.15, 0.2) is 18.2 Å². The second-order valence-electron chi connectivity index (χ2n) is 3.32. The number of carbonyl (C=O) groups excluding carboxylic acids is 1. The molecule has 0 spiro atoms. The summed E-state index contributed by atoms with van der Waals surface area (Å²) in [5.74, 6) is -1.59. The van der Waals surface area contributed by atoms with Crippen molar-refractivity contribution in [3.63, 3.8) is 0 Å². The molecule has 0 atom stereocenters. The van der Waals surface area contributed by atoms with Crippen LogP contribution in [0.25, 0.3) is 0 Å². The summed E-state index contributed by atoms with van der Waals surface area (Å²) in [6, 6.07) is 2.65. The van der Waals surface area contributed by atoms with Crippen molar-refractivity contribution < 1.29 is 14.1 Å². The Balaban J connectivity index is 2.31. The summed E-state index contributed by atoms with van der Waals surface area (Å²) in [6.07, 6.45) is 0. The Morgan fingerprint density at radius 3 is 2.79 bits per heavy atom. The van der Waals surface area contributed by atoms with Crippen molar-refractivity contribution in [1.82, 2.24) is 10.2 Å². The van der Waals surface area contributed by atoms with Gasteiger partial charge >= 0.3 is 0 Å². The maximum Gasteiger partial charge on any atom is 0.285 e. The number of benzene rings is 1.